The van der Waals surface area contributed by atoms with Crippen molar-refractivity contribution in [3.05, 3.63) is 0 Å². The van der Waals surface area contributed by atoms with Gasteiger partial charge in [-0.05, 0) is 33.6 Å². The summed E-state index contributed by atoms with van der Waals surface area (Å²) in [5.74, 6) is 0. The molecule has 1 aliphatic rings. The number of hydrogen-bond acceptors (Lipinski definition) is 3. The first-order valence-corrected chi connectivity index (χ1v) is 4.87. The minimum Gasteiger partial charge on any atom is -0.382 e. The lowest BCUT2D eigenvalue weighted by atomic mass is 9.79. The van der Waals surface area contributed by atoms with Crippen LogP contribution >= 0.6 is 0 Å². The zero-order valence-electron chi connectivity index (χ0n) is 9.09. The van der Waals surface area contributed by atoms with Gasteiger partial charge in [0.1, 0.15) is 0 Å². The van der Waals surface area contributed by atoms with Gasteiger partial charge in [0.05, 0.1) is 11.7 Å². The largest absolute Gasteiger partial charge is 0.382 e. The van der Waals surface area contributed by atoms with Crippen molar-refractivity contribution in [3.8, 4) is 0 Å². The van der Waals surface area contributed by atoms with Crippen molar-refractivity contribution in [2.75, 3.05) is 13.7 Å². The van der Waals surface area contributed by atoms with Gasteiger partial charge in [-0.2, -0.15) is 0 Å². The minimum atomic E-state index is -0.234. The number of rotatable bonds is 3. The van der Waals surface area contributed by atoms with Gasteiger partial charge in [0.15, 0.2) is 0 Å². The summed E-state index contributed by atoms with van der Waals surface area (Å²) in [5, 5.41) is 0. The molecule has 3 heteroatoms. The SMILES string of the molecule is COC(C)CC1(N)CCOC1(C)C. The molecule has 0 spiro atoms. The molecule has 1 aliphatic heterocycles. The van der Waals surface area contributed by atoms with Crippen LogP contribution < -0.4 is 5.73 Å². The van der Waals surface area contributed by atoms with E-state index in [2.05, 4.69) is 13.8 Å². The summed E-state index contributed by atoms with van der Waals surface area (Å²) < 4.78 is 10.9. The first-order chi connectivity index (χ1) is 5.91. The summed E-state index contributed by atoms with van der Waals surface area (Å²) in [4.78, 5) is 0. The van der Waals surface area contributed by atoms with E-state index in [0.717, 1.165) is 19.4 Å². The molecule has 0 aliphatic carbocycles. The van der Waals surface area contributed by atoms with Crippen LogP contribution in [0.5, 0.6) is 0 Å². The van der Waals surface area contributed by atoms with Gasteiger partial charge in [-0.1, -0.05) is 0 Å². The quantitative estimate of drug-likeness (QED) is 0.724. The predicted molar refractivity (Wildman–Crippen MR) is 52.7 cm³/mol. The van der Waals surface area contributed by atoms with Crippen LogP contribution in [0.3, 0.4) is 0 Å². The monoisotopic (exact) mass is 187 g/mol. The van der Waals surface area contributed by atoms with E-state index in [9.17, 15) is 0 Å². The Bertz CT molecular complexity index is 182. The molecule has 1 heterocycles. The average molecular weight is 187 g/mol. The topological polar surface area (TPSA) is 44.5 Å². The van der Waals surface area contributed by atoms with Gasteiger partial charge in [-0.3, -0.25) is 0 Å². The van der Waals surface area contributed by atoms with E-state index in [1.54, 1.807) is 7.11 Å². The highest BCUT2D eigenvalue weighted by Crippen LogP contribution is 2.37. The van der Waals surface area contributed by atoms with E-state index in [1.807, 2.05) is 6.92 Å². The maximum absolute atomic E-state index is 6.31. The van der Waals surface area contributed by atoms with Gasteiger partial charge >= 0.3 is 0 Å². The van der Waals surface area contributed by atoms with Crippen LogP contribution in [0.25, 0.3) is 0 Å². The van der Waals surface area contributed by atoms with Gasteiger partial charge in [0.2, 0.25) is 0 Å². The Balaban J connectivity index is 2.64. The molecule has 0 aromatic carbocycles. The van der Waals surface area contributed by atoms with Crippen LogP contribution in [-0.4, -0.2) is 31.0 Å². The molecule has 2 N–H and O–H groups in total. The van der Waals surface area contributed by atoms with Crippen LogP contribution in [0.1, 0.15) is 33.6 Å². The molecular weight excluding hydrogens is 166 g/mol. The molecule has 0 aromatic rings. The first kappa shape index (κ1) is 11.0. The van der Waals surface area contributed by atoms with Crippen molar-refractivity contribution < 1.29 is 9.47 Å². The van der Waals surface area contributed by atoms with Gasteiger partial charge in [0, 0.05) is 19.3 Å². The summed E-state index contributed by atoms with van der Waals surface area (Å²) in [6.07, 6.45) is 1.98. The lowest BCUT2D eigenvalue weighted by Crippen LogP contribution is -2.55. The van der Waals surface area contributed by atoms with Crippen LogP contribution in [0, 0.1) is 0 Å². The zero-order valence-corrected chi connectivity index (χ0v) is 9.09. The number of methoxy groups -OCH3 is 1. The molecule has 1 saturated heterocycles. The summed E-state index contributed by atoms with van der Waals surface area (Å²) in [7, 11) is 1.72. The van der Waals surface area contributed by atoms with E-state index in [0.29, 0.717) is 0 Å². The Hall–Kier alpha value is -0.120. The standard InChI is InChI=1S/C10H21NO2/c1-8(12-4)7-10(11)5-6-13-9(10,2)3/h8H,5-7,11H2,1-4H3. The van der Waals surface area contributed by atoms with E-state index >= 15 is 0 Å². The summed E-state index contributed by atoms with van der Waals surface area (Å²) in [6.45, 7) is 6.92. The molecule has 78 valence electrons. The Morgan fingerprint density at radius 1 is 1.54 bits per heavy atom. The Morgan fingerprint density at radius 2 is 2.15 bits per heavy atom. The third-order valence-corrected chi connectivity index (χ3v) is 3.26. The molecular formula is C10H21NO2. The van der Waals surface area contributed by atoms with E-state index in [1.165, 1.54) is 0 Å². The molecule has 2 atom stereocenters. The number of nitrogens with two attached hydrogens (primary N) is 1. The van der Waals surface area contributed by atoms with Crippen LogP contribution in [0.15, 0.2) is 0 Å². The third-order valence-electron chi connectivity index (χ3n) is 3.26. The van der Waals surface area contributed by atoms with Crippen molar-refractivity contribution in [2.45, 2.75) is 50.9 Å². The Kier molecular flexibility index (Phi) is 3.00. The van der Waals surface area contributed by atoms with Gasteiger partial charge in [-0.15, -0.1) is 0 Å². The van der Waals surface area contributed by atoms with Crippen molar-refractivity contribution in [3.63, 3.8) is 0 Å². The second-order valence-electron chi connectivity index (χ2n) is 4.52. The predicted octanol–water partition coefficient (Wildman–Crippen LogP) is 1.31. The molecule has 0 aromatic heterocycles. The summed E-state index contributed by atoms with van der Waals surface area (Å²) >= 11 is 0. The van der Waals surface area contributed by atoms with E-state index in [-0.39, 0.29) is 17.2 Å². The van der Waals surface area contributed by atoms with Gasteiger partial charge < -0.3 is 15.2 Å². The Morgan fingerprint density at radius 3 is 2.54 bits per heavy atom. The maximum Gasteiger partial charge on any atom is 0.0806 e. The molecule has 0 saturated carbocycles. The fourth-order valence-corrected chi connectivity index (χ4v) is 1.88. The molecule has 0 radical (unpaired) electrons. The van der Waals surface area contributed by atoms with Crippen molar-refractivity contribution in [1.82, 2.24) is 0 Å². The molecule has 0 bridgehead atoms. The fourth-order valence-electron chi connectivity index (χ4n) is 1.88. The van der Waals surface area contributed by atoms with E-state index < -0.39 is 0 Å². The van der Waals surface area contributed by atoms with E-state index in [4.69, 9.17) is 15.2 Å². The molecule has 1 fully saturated rings. The lowest BCUT2D eigenvalue weighted by molar-refractivity contribution is -0.0184. The van der Waals surface area contributed by atoms with Crippen LogP contribution in [0.2, 0.25) is 0 Å². The lowest BCUT2D eigenvalue weighted by Gasteiger charge is -2.37. The third kappa shape index (κ3) is 2.03. The van der Waals surface area contributed by atoms with Crippen LogP contribution in [0.4, 0.5) is 0 Å². The second kappa shape index (κ2) is 3.56. The maximum atomic E-state index is 6.31. The highest BCUT2D eigenvalue weighted by Gasteiger charge is 2.47. The van der Waals surface area contributed by atoms with Gasteiger partial charge in [-0.25, -0.2) is 0 Å². The molecule has 13 heavy (non-hydrogen) atoms. The second-order valence-corrected chi connectivity index (χ2v) is 4.52. The number of ether oxygens (including phenoxy) is 2. The summed E-state index contributed by atoms with van der Waals surface area (Å²) in [5.41, 5.74) is 5.85. The first-order valence-electron chi connectivity index (χ1n) is 4.87. The highest BCUT2D eigenvalue weighted by molar-refractivity contribution is 5.04. The minimum absolute atomic E-state index is 0.200. The Labute approximate surface area is 80.6 Å². The smallest absolute Gasteiger partial charge is 0.0806 e. The molecule has 1 rings (SSSR count). The van der Waals surface area contributed by atoms with Crippen molar-refractivity contribution in [1.29, 1.82) is 0 Å². The average Bonchev–Trinajstić information content (AvgIpc) is 2.26. The highest BCUT2D eigenvalue weighted by atomic mass is 16.5. The van der Waals surface area contributed by atoms with Crippen molar-refractivity contribution >= 4 is 0 Å². The van der Waals surface area contributed by atoms with Crippen LogP contribution in [-0.2, 0) is 9.47 Å². The van der Waals surface area contributed by atoms with Gasteiger partial charge in [0.25, 0.3) is 0 Å². The number of hydrogen-bond donors (Lipinski definition) is 1. The molecule has 3 nitrogen and oxygen atoms in total. The fraction of sp³-hybridized carbons (Fsp3) is 1.00. The molecule has 2 unspecified atom stereocenters. The zero-order chi connectivity index (χ0) is 10.1. The summed E-state index contributed by atoms with van der Waals surface area (Å²) in [6, 6.07) is 0. The van der Waals surface area contributed by atoms with Crippen molar-refractivity contribution in [2.24, 2.45) is 5.73 Å². The molecule has 0 amide bonds. The normalized spacial score (nSPS) is 34.8.